The highest BCUT2D eigenvalue weighted by atomic mass is 79.9. The van der Waals surface area contributed by atoms with Gasteiger partial charge >= 0.3 is 0 Å². The molecule has 1 aliphatic carbocycles. The Bertz CT molecular complexity index is 623. The third-order valence-corrected chi connectivity index (χ3v) is 6.47. The van der Waals surface area contributed by atoms with E-state index in [1.165, 1.54) is 17.5 Å². The molecule has 1 aromatic carbocycles. The molecule has 0 spiro atoms. The van der Waals surface area contributed by atoms with Gasteiger partial charge in [-0.15, -0.1) is 11.3 Å². The summed E-state index contributed by atoms with van der Waals surface area (Å²) < 4.78 is 2.28. The second kappa shape index (κ2) is 5.02. The molecule has 0 radical (unpaired) electrons. The van der Waals surface area contributed by atoms with Crippen LogP contribution < -0.4 is 0 Å². The molecule has 0 atom stereocenters. The van der Waals surface area contributed by atoms with Gasteiger partial charge in [0.05, 0.1) is 0 Å². The number of carbonyl (C=O) groups excluding carboxylic acids is 1. The minimum atomic E-state index is -0.0870. The maximum absolute atomic E-state index is 13.0. The van der Waals surface area contributed by atoms with Crippen molar-refractivity contribution in [2.24, 2.45) is 5.41 Å². The van der Waals surface area contributed by atoms with E-state index in [2.05, 4.69) is 28.9 Å². The van der Waals surface area contributed by atoms with Crippen LogP contribution in [0.1, 0.15) is 49.4 Å². The Morgan fingerprint density at radius 2 is 2.11 bits per heavy atom. The lowest BCUT2D eigenvalue weighted by Crippen LogP contribution is -2.27. The second-order valence-electron chi connectivity index (χ2n) is 5.44. The lowest BCUT2D eigenvalue weighted by Gasteiger charge is -2.25. The average molecular weight is 337 g/mol. The van der Waals surface area contributed by atoms with Crippen LogP contribution in [0.3, 0.4) is 0 Å². The van der Waals surface area contributed by atoms with Crippen LogP contribution in [0.5, 0.6) is 0 Å². The molecule has 0 bridgehead atoms. The first-order valence-corrected chi connectivity index (χ1v) is 8.56. The number of Topliss-reactive ketones (excluding diaryl/α,β-unsaturated/α-hetero) is 1. The van der Waals surface area contributed by atoms with Crippen molar-refractivity contribution in [3.8, 4) is 0 Å². The van der Waals surface area contributed by atoms with Gasteiger partial charge in [-0.2, -0.15) is 0 Å². The number of fused-ring (bicyclic) bond motifs is 1. The van der Waals surface area contributed by atoms with Crippen LogP contribution >= 0.6 is 27.3 Å². The standard InChI is InChI=1S/C16H17BrOS/c1-2-16(8-3-4-9-16)15(18)12-10-19-14-11(12)6-5-7-13(14)17/h5-7,10H,2-4,8-9H2,1H3. The minimum Gasteiger partial charge on any atom is -0.294 e. The molecule has 0 amide bonds. The van der Waals surface area contributed by atoms with Gasteiger partial charge < -0.3 is 0 Å². The van der Waals surface area contributed by atoms with E-state index in [9.17, 15) is 4.79 Å². The number of thiophene rings is 1. The molecule has 1 aliphatic rings. The summed E-state index contributed by atoms with van der Waals surface area (Å²) in [5.41, 5.74) is 0.848. The summed E-state index contributed by atoms with van der Waals surface area (Å²) in [5.74, 6) is 0.372. The zero-order chi connectivity index (χ0) is 13.5. The van der Waals surface area contributed by atoms with Gasteiger partial charge in [0.2, 0.25) is 0 Å². The molecule has 100 valence electrons. The number of rotatable bonds is 3. The minimum absolute atomic E-state index is 0.0870. The molecule has 1 fully saturated rings. The fourth-order valence-electron chi connectivity index (χ4n) is 3.28. The zero-order valence-electron chi connectivity index (χ0n) is 11.0. The van der Waals surface area contributed by atoms with Gasteiger partial charge in [0.25, 0.3) is 0 Å². The fourth-order valence-corrected chi connectivity index (χ4v) is 4.88. The number of ketones is 1. The summed E-state index contributed by atoms with van der Waals surface area (Å²) in [6.45, 7) is 2.16. The molecular formula is C16H17BrOS. The third-order valence-electron chi connectivity index (χ3n) is 4.52. The highest BCUT2D eigenvalue weighted by molar-refractivity contribution is 9.10. The van der Waals surface area contributed by atoms with Crippen molar-refractivity contribution in [2.75, 3.05) is 0 Å². The lowest BCUT2D eigenvalue weighted by atomic mass is 9.76. The fraction of sp³-hybridized carbons (Fsp3) is 0.438. The highest BCUT2D eigenvalue weighted by Crippen LogP contribution is 2.45. The summed E-state index contributed by atoms with van der Waals surface area (Å²) >= 11 is 5.24. The summed E-state index contributed by atoms with van der Waals surface area (Å²) in [4.78, 5) is 13.0. The Balaban J connectivity index is 2.09. The molecule has 0 N–H and O–H groups in total. The first kappa shape index (κ1) is 13.3. The van der Waals surface area contributed by atoms with Crippen LogP contribution in [0, 0.1) is 5.41 Å². The van der Waals surface area contributed by atoms with E-state index < -0.39 is 0 Å². The predicted molar refractivity (Wildman–Crippen MR) is 85.0 cm³/mol. The molecule has 19 heavy (non-hydrogen) atoms. The molecular weight excluding hydrogens is 320 g/mol. The maximum atomic E-state index is 13.0. The predicted octanol–water partition coefficient (Wildman–Crippen LogP) is 5.82. The van der Waals surface area contributed by atoms with Crippen molar-refractivity contribution < 1.29 is 4.79 Å². The van der Waals surface area contributed by atoms with Crippen LogP contribution in [-0.2, 0) is 0 Å². The molecule has 1 heterocycles. The normalized spacial score (nSPS) is 18.0. The molecule has 3 rings (SSSR count). The SMILES string of the molecule is CCC1(C(=O)c2csc3c(Br)cccc23)CCCC1. The third kappa shape index (κ3) is 2.07. The summed E-state index contributed by atoms with van der Waals surface area (Å²) in [5, 5.41) is 3.16. The summed E-state index contributed by atoms with van der Waals surface area (Å²) in [6, 6.07) is 6.13. The first-order chi connectivity index (χ1) is 9.18. The molecule has 0 unspecified atom stereocenters. The van der Waals surface area contributed by atoms with Crippen LogP contribution in [0.4, 0.5) is 0 Å². The molecule has 1 nitrogen and oxygen atoms in total. The monoisotopic (exact) mass is 336 g/mol. The number of carbonyl (C=O) groups is 1. The van der Waals surface area contributed by atoms with Gasteiger partial charge in [0, 0.05) is 30.9 Å². The van der Waals surface area contributed by atoms with E-state index >= 15 is 0 Å². The quantitative estimate of drug-likeness (QED) is 0.645. The first-order valence-electron chi connectivity index (χ1n) is 6.88. The van der Waals surface area contributed by atoms with Crippen molar-refractivity contribution in [2.45, 2.75) is 39.0 Å². The van der Waals surface area contributed by atoms with Crippen molar-refractivity contribution in [3.05, 3.63) is 33.6 Å². The van der Waals surface area contributed by atoms with E-state index in [0.717, 1.165) is 34.7 Å². The number of halogens is 1. The molecule has 0 aliphatic heterocycles. The van der Waals surface area contributed by atoms with Gasteiger partial charge in [-0.1, -0.05) is 31.9 Å². The number of hydrogen-bond donors (Lipinski definition) is 0. The van der Waals surface area contributed by atoms with Crippen molar-refractivity contribution in [3.63, 3.8) is 0 Å². The van der Waals surface area contributed by atoms with Crippen LogP contribution in [0.25, 0.3) is 10.1 Å². The lowest BCUT2D eigenvalue weighted by molar-refractivity contribution is 0.0793. The van der Waals surface area contributed by atoms with E-state index in [1.54, 1.807) is 11.3 Å². The van der Waals surface area contributed by atoms with Gasteiger partial charge in [-0.3, -0.25) is 4.79 Å². The van der Waals surface area contributed by atoms with Crippen molar-refractivity contribution in [1.82, 2.24) is 0 Å². The van der Waals surface area contributed by atoms with Crippen molar-refractivity contribution in [1.29, 1.82) is 0 Å². The molecule has 0 saturated heterocycles. The van der Waals surface area contributed by atoms with Gasteiger partial charge in [0.1, 0.15) is 0 Å². The Morgan fingerprint density at radius 1 is 1.37 bits per heavy atom. The largest absolute Gasteiger partial charge is 0.294 e. The second-order valence-corrected chi connectivity index (χ2v) is 7.17. The Labute approximate surface area is 126 Å². The van der Waals surface area contributed by atoms with Gasteiger partial charge in [-0.25, -0.2) is 0 Å². The molecule has 3 heteroatoms. The van der Waals surface area contributed by atoms with E-state index in [-0.39, 0.29) is 5.41 Å². The van der Waals surface area contributed by atoms with Crippen LogP contribution in [-0.4, -0.2) is 5.78 Å². The highest BCUT2D eigenvalue weighted by Gasteiger charge is 2.40. The van der Waals surface area contributed by atoms with E-state index in [1.807, 2.05) is 17.5 Å². The summed E-state index contributed by atoms with van der Waals surface area (Å²) in [6.07, 6.45) is 5.50. The Hall–Kier alpha value is -0.670. The number of benzene rings is 1. The molecule has 1 saturated carbocycles. The maximum Gasteiger partial charge on any atom is 0.170 e. The van der Waals surface area contributed by atoms with Gasteiger partial charge in [0.15, 0.2) is 5.78 Å². The smallest absolute Gasteiger partial charge is 0.170 e. The van der Waals surface area contributed by atoms with E-state index in [0.29, 0.717) is 5.78 Å². The van der Waals surface area contributed by atoms with Crippen LogP contribution in [0.15, 0.2) is 28.1 Å². The Morgan fingerprint density at radius 3 is 2.79 bits per heavy atom. The molecule has 2 aromatic rings. The Kier molecular flexibility index (Phi) is 3.52. The van der Waals surface area contributed by atoms with Gasteiger partial charge in [-0.05, 0) is 41.3 Å². The van der Waals surface area contributed by atoms with Crippen molar-refractivity contribution >= 4 is 43.1 Å². The average Bonchev–Trinajstić information content (AvgIpc) is 3.06. The summed E-state index contributed by atoms with van der Waals surface area (Å²) in [7, 11) is 0. The van der Waals surface area contributed by atoms with E-state index in [4.69, 9.17) is 0 Å². The zero-order valence-corrected chi connectivity index (χ0v) is 13.4. The molecule has 1 aromatic heterocycles. The number of hydrogen-bond acceptors (Lipinski definition) is 2. The topological polar surface area (TPSA) is 17.1 Å². The van der Waals surface area contributed by atoms with Crippen LogP contribution in [0.2, 0.25) is 0 Å².